The average Bonchev–Trinajstić information content (AvgIpc) is 3.04. The summed E-state index contributed by atoms with van der Waals surface area (Å²) in [6, 6.07) is 10.6. The van der Waals surface area contributed by atoms with Crippen LogP contribution in [0.1, 0.15) is 20.8 Å². The van der Waals surface area contributed by atoms with Gasteiger partial charge in [-0.15, -0.1) is 0 Å². The van der Waals surface area contributed by atoms with Crippen molar-refractivity contribution in [3.63, 3.8) is 0 Å². The normalized spacial score (nSPS) is 10.5. The van der Waals surface area contributed by atoms with Crippen LogP contribution in [-0.4, -0.2) is 40.8 Å². The second-order valence-electron chi connectivity index (χ2n) is 5.33. The Hall–Kier alpha value is -3.15. The minimum atomic E-state index is -0.283. The Morgan fingerprint density at radius 1 is 1.17 bits per heavy atom. The number of fused-ring (bicyclic) bond motifs is 1. The summed E-state index contributed by atoms with van der Waals surface area (Å²) in [6.07, 6.45) is 3.28. The molecular formula is C17H16N4O2. The molecule has 1 aromatic carbocycles. The lowest BCUT2D eigenvalue weighted by Crippen LogP contribution is -2.23. The summed E-state index contributed by atoms with van der Waals surface area (Å²) in [7, 11) is 3.28. The molecule has 0 fully saturated rings. The van der Waals surface area contributed by atoms with Crippen molar-refractivity contribution in [2.45, 2.75) is 0 Å². The topological polar surface area (TPSA) is 78.1 Å². The highest BCUT2D eigenvalue weighted by atomic mass is 16.2. The zero-order chi connectivity index (χ0) is 16.4. The minimum Gasteiger partial charge on any atom is -0.361 e. The minimum absolute atomic E-state index is 0.238. The van der Waals surface area contributed by atoms with Gasteiger partial charge in [-0.25, -0.2) is 0 Å². The zero-order valence-electron chi connectivity index (χ0n) is 12.8. The van der Waals surface area contributed by atoms with E-state index in [1.165, 1.54) is 17.2 Å². The lowest BCUT2D eigenvalue weighted by atomic mass is 10.1. The monoisotopic (exact) mass is 308 g/mol. The number of H-pyrrole nitrogens is 1. The fourth-order valence-electron chi connectivity index (χ4n) is 2.31. The molecule has 0 spiro atoms. The second kappa shape index (κ2) is 5.92. The summed E-state index contributed by atoms with van der Waals surface area (Å²) >= 11 is 0. The molecule has 3 aromatic rings. The number of hydrogen-bond donors (Lipinski definition) is 2. The first-order valence-corrected chi connectivity index (χ1v) is 7.11. The van der Waals surface area contributed by atoms with Gasteiger partial charge in [0, 0.05) is 43.0 Å². The van der Waals surface area contributed by atoms with Crippen molar-refractivity contribution in [1.29, 1.82) is 0 Å². The van der Waals surface area contributed by atoms with E-state index in [9.17, 15) is 9.59 Å². The summed E-state index contributed by atoms with van der Waals surface area (Å²) in [5.41, 5.74) is 2.28. The molecule has 0 aliphatic carbocycles. The molecule has 2 heterocycles. The van der Waals surface area contributed by atoms with Gasteiger partial charge in [0.25, 0.3) is 11.8 Å². The van der Waals surface area contributed by atoms with E-state index in [2.05, 4.69) is 15.3 Å². The maximum atomic E-state index is 12.5. The maximum absolute atomic E-state index is 12.5. The molecule has 0 atom stereocenters. The standard InChI is InChI=1S/C17H16N4O2/c1-21(2)17(23)15-10-11(6-8-19-15)16(22)20-14-5-3-4-13-12(14)7-9-18-13/h3-10,18H,1-2H3,(H,20,22). The Kier molecular flexibility index (Phi) is 3.80. The van der Waals surface area contributed by atoms with Crippen LogP contribution in [0.5, 0.6) is 0 Å². The van der Waals surface area contributed by atoms with E-state index in [4.69, 9.17) is 0 Å². The van der Waals surface area contributed by atoms with Crippen LogP contribution in [0.2, 0.25) is 0 Å². The summed E-state index contributed by atoms with van der Waals surface area (Å²) in [5.74, 6) is -0.527. The highest BCUT2D eigenvalue weighted by Crippen LogP contribution is 2.22. The van der Waals surface area contributed by atoms with Crippen LogP contribution >= 0.6 is 0 Å². The van der Waals surface area contributed by atoms with E-state index in [0.29, 0.717) is 11.3 Å². The SMILES string of the molecule is CN(C)C(=O)c1cc(C(=O)Nc2cccc3[nH]ccc23)ccn1. The summed E-state index contributed by atoms with van der Waals surface area (Å²) in [5, 5.41) is 3.80. The predicted molar refractivity (Wildman–Crippen MR) is 88.5 cm³/mol. The van der Waals surface area contributed by atoms with Crippen molar-refractivity contribution in [3.05, 3.63) is 60.0 Å². The van der Waals surface area contributed by atoms with E-state index < -0.39 is 0 Å². The number of amides is 2. The van der Waals surface area contributed by atoms with Gasteiger partial charge in [-0.2, -0.15) is 0 Å². The number of nitrogens with zero attached hydrogens (tertiary/aromatic N) is 2. The fraction of sp³-hybridized carbons (Fsp3) is 0.118. The lowest BCUT2D eigenvalue weighted by Gasteiger charge is -2.11. The number of aromatic nitrogens is 2. The predicted octanol–water partition coefficient (Wildman–Crippen LogP) is 2.52. The molecule has 0 aliphatic rings. The van der Waals surface area contributed by atoms with Crippen molar-refractivity contribution in [2.24, 2.45) is 0 Å². The molecule has 0 radical (unpaired) electrons. The van der Waals surface area contributed by atoms with Crippen molar-refractivity contribution in [2.75, 3.05) is 19.4 Å². The Labute approximate surface area is 133 Å². The summed E-state index contributed by atoms with van der Waals surface area (Å²) in [4.78, 5) is 32.9. The molecule has 0 unspecified atom stereocenters. The number of pyridine rings is 1. The average molecular weight is 308 g/mol. The van der Waals surface area contributed by atoms with E-state index >= 15 is 0 Å². The van der Waals surface area contributed by atoms with Crippen molar-refractivity contribution in [3.8, 4) is 0 Å². The quantitative estimate of drug-likeness (QED) is 0.780. The molecule has 23 heavy (non-hydrogen) atoms. The van der Waals surface area contributed by atoms with Crippen LogP contribution in [0.4, 0.5) is 5.69 Å². The van der Waals surface area contributed by atoms with Gasteiger partial charge in [0.1, 0.15) is 5.69 Å². The molecule has 0 saturated heterocycles. The highest BCUT2D eigenvalue weighted by Gasteiger charge is 2.14. The number of carbonyl (C=O) groups excluding carboxylic acids is 2. The number of anilines is 1. The molecule has 3 rings (SSSR count). The number of aromatic amines is 1. The Morgan fingerprint density at radius 2 is 2.00 bits per heavy atom. The second-order valence-corrected chi connectivity index (χ2v) is 5.33. The smallest absolute Gasteiger partial charge is 0.271 e. The molecular weight excluding hydrogens is 292 g/mol. The van der Waals surface area contributed by atoms with E-state index in [1.54, 1.807) is 20.2 Å². The van der Waals surface area contributed by atoms with Gasteiger partial charge < -0.3 is 15.2 Å². The van der Waals surface area contributed by atoms with Gasteiger partial charge in [-0.3, -0.25) is 14.6 Å². The van der Waals surface area contributed by atoms with Gasteiger partial charge in [0.2, 0.25) is 0 Å². The Balaban J connectivity index is 1.88. The molecule has 0 aliphatic heterocycles. The van der Waals surface area contributed by atoms with Gasteiger partial charge in [0.05, 0.1) is 5.69 Å². The number of hydrogen-bond acceptors (Lipinski definition) is 3. The number of benzene rings is 1. The van der Waals surface area contributed by atoms with Crippen LogP contribution in [0, 0.1) is 0 Å². The molecule has 0 bridgehead atoms. The van der Waals surface area contributed by atoms with Crippen molar-refractivity contribution in [1.82, 2.24) is 14.9 Å². The summed E-state index contributed by atoms with van der Waals surface area (Å²) < 4.78 is 0. The van der Waals surface area contributed by atoms with Crippen LogP contribution in [0.15, 0.2) is 48.8 Å². The zero-order valence-corrected chi connectivity index (χ0v) is 12.8. The van der Waals surface area contributed by atoms with Crippen LogP contribution in [0.25, 0.3) is 10.9 Å². The fourth-order valence-corrected chi connectivity index (χ4v) is 2.31. The van der Waals surface area contributed by atoms with Crippen LogP contribution < -0.4 is 5.32 Å². The third-order valence-corrected chi connectivity index (χ3v) is 3.49. The first kappa shape index (κ1) is 14.8. The van der Waals surface area contributed by atoms with Gasteiger partial charge in [0.15, 0.2) is 0 Å². The molecule has 6 heteroatoms. The first-order valence-electron chi connectivity index (χ1n) is 7.11. The Morgan fingerprint density at radius 3 is 2.78 bits per heavy atom. The third-order valence-electron chi connectivity index (χ3n) is 3.49. The van der Waals surface area contributed by atoms with E-state index in [0.717, 1.165) is 10.9 Å². The first-order chi connectivity index (χ1) is 11.1. The Bertz CT molecular complexity index is 883. The largest absolute Gasteiger partial charge is 0.361 e. The maximum Gasteiger partial charge on any atom is 0.271 e. The van der Waals surface area contributed by atoms with Crippen LogP contribution in [-0.2, 0) is 0 Å². The van der Waals surface area contributed by atoms with Gasteiger partial charge >= 0.3 is 0 Å². The van der Waals surface area contributed by atoms with E-state index in [-0.39, 0.29) is 17.5 Å². The molecule has 2 N–H and O–H groups in total. The number of carbonyl (C=O) groups is 2. The summed E-state index contributed by atoms with van der Waals surface area (Å²) in [6.45, 7) is 0. The molecule has 6 nitrogen and oxygen atoms in total. The molecule has 2 aromatic heterocycles. The van der Waals surface area contributed by atoms with Crippen molar-refractivity contribution < 1.29 is 9.59 Å². The van der Waals surface area contributed by atoms with Gasteiger partial charge in [-0.1, -0.05) is 6.07 Å². The molecule has 0 saturated carbocycles. The van der Waals surface area contributed by atoms with Crippen molar-refractivity contribution >= 4 is 28.4 Å². The number of rotatable bonds is 3. The third kappa shape index (κ3) is 2.91. The van der Waals surface area contributed by atoms with E-state index in [1.807, 2.05) is 30.5 Å². The molecule has 2 amide bonds. The van der Waals surface area contributed by atoms with Gasteiger partial charge in [-0.05, 0) is 30.3 Å². The van der Waals surface area contributed by atoms with Crippen LogP contribution in [0.3, 0.4) is 0 Å². The number of nitrogens with one attached hydrogen (secondary N) is 2. The highest BCUT2D eigenvalue weighted by molar-refractivity contribution is 6.09. The lowest BCUT2D eigenvalue weighted by molar-refractivity contribution is 0.0822. The molecule has 116 valence electrons.